The van der Waals surface area contributed by atoms with Gasteiger partial charge in [-0.2, -0.15) is 0 Å². The summed E-state index contributed by atoms with van der Waals surface area (Å²) in [5, 5.41) is 2.24. The van der Waals surface area contributed by atoms with Crippen LogP contribution in [0.25, 0.3) is 10.8 Å². The van der Waals surface area contributed by atoms with Crippen molar-refractivity contribution in [2.75, 3.05) is 6.61 Å². The van der Waals surface area contributed by atoms with Crippen molar-refractivity contribution in [2.45, 2.75) is 52.2 Å². The summed E-state index contributed by atoms with van der Waals surface area (Å²) in [6, 6.07) is 6.22. The summed E-state index contributed by atoms with van der Waals surface area (Å²) in [5.41, 5.74) is 0.717. The lowest BCUT2D eigenvalue weighted by molar-refractivity contribution is -0.154. The molecule has 130 valence electrons. The summed E-state index contributed by atoms with van der Waals surface area (Å²) in [6.45, 7) is 6.85. The van der Waals surface area contributed by atoms with E-state index < -0.39 is 5.60 Å². The Hall–Kier alpha value is -1.46. The fourth-order valence-corrected chi connectivity index (χ4v) is 2.78. The first-order chi connectivity index (χ1) is 11.3. The van der Waals surface area contributed by atoms with Crippen molar-refractivity contribution < 1.29 is 14.3 Å². The Morgan fingerprint density at radius 3 is 2.75 bits per heavy atom. The van der Waals surface area contributed by atoms with Crippen LogP contribution < -0.4 is 0 Å². The molecule has 0 radical (unpaired) electrons. The van der Waals surface area contributed by atoms with E-state index in [1.54, 1.807) is 6.20 Å². The van der Waals surface area contributed by atoms with Crippen LogP contribution in [0.5, 0.6) is 0 Å². The molecule has 5 heteroatoms. The quantitative estimate of drug-likeness (QED) is 0.489. The topological polar surface area (TPSA) is 48.4 Å². The van der Waals surface area contributed by atoms with Gasteiger partial charge in [0.25, 0.3) is 0 Å². The van der Waals surface area contributed by atoms with Gasteiger partial charge in [0.2, 0.25) is 0 Å². The van der Waals surface area contributed by atoms with Crippen molar-refractivity contribution in [3.05, 3.63) is 40.6 Å². The second-order valence-corrected chi connectivity index (χ2v) is 7.63. The number of pyridine rings is 1. The molecule has 1 heterocycles. The number of carbonyl (C=O) groups excluding carboxylic acids is 1. The molecular weight excluding hydrogens is 370 g/mol. The minimum absolute atomic E-state index is 0.143. The third-order valence-electron chi connectivity index (χ3n) is 3.38. The zero-order valence-corrected chi connectivity index (χ0v) is 16.1. The number of unbranched alkanes of at least 4 members (excludes halogenated alkanes) is 1. The minimum atomic E-state index is -0.409. The Kier molecular flexibility index (Phi) is 6.75. The molecule has 2 aromatic rings. The van der Waals surface area contributed by atoms with Crippen molar-refractivity contribution in [2.24, 2.45) is 0 Å². The van der Waals surface area contributed by atoms with Gasteiger partial charge in [-0.1, -0.05) is 12.1 Å². The minimum Gasteiger partial charge on any atom is -0.460 e. The van der Waals surface area contributed by atoms with Gasteiger partial charge in [-0.25, -0.2) is 0 Å². The van der Waals surface area contributed by atoms with E-state index in [9.17, 15) is 4.79 Å². The Morgan fingerprint density at radius 2 is 2.00 bits per heavy atom. The van der Waals surface area contributed by atoms with Crippen molar-refractivity contribution in [3.63, 3.8) is 0 Å². The number of esters is 1. The Bertz CT molecular complexity index is 695. The molecule has 0 aliphatic rings. The molecule has 2 rings (SSSR count). The third kappa shape index (κ3) is 6.21. The number of carbonyl (C=O) groups is 1. The predicted octanol–water partition coefficient (Wildman–Crippen LogP) is 5.03. The molecule has 1 aromatic carbocycles. The normalized spacial score (nSPS) is 11.7. The van der Waals surface area contributed by atoms with E-state index in [1.165, 1.54) is 0 Å². The summed E-state index contributed by atoms with van der Waals surface area (Å²) in [6.07, 6.45) is 5.71. The van der Waals surface area contributed by atoms with Gasteiger partial charge in [0.05, 0.1) is 6.61 Å². The summed E-state index contributed by atoms with van der Waals surface area (Å²) in [5.74, 6) is -0.143. The van der Waals surface area contributed by atoms with Crippen LogP contribution in [0.1, 0.15) is 45.6 Å². The summed E-state index contributed by atoms with van der Waals surface area (Å²) < 4.78 is 12.0. The fourth-order valence-electron chi connectivity index (χ4n) is 2.32. The van der Waals surface area contributed by atoms with Gasteiger partial charge in [0, 0.05) is 35.3 Å². The summed E-state index contributed by atoms with van der Waals surface area (Å²) in [4.78, 5) is 15.8. The molecule has 0 aliphatic carbocycles. The average Bonchev–Trinajstić information content (AvgIpc) is 2.49. The molecule has 0 unspecified atom stereocenters. The zero-order chi connectivity index (χ0) is 17.6. The molecule has 1 aromatic heterocycles. The Morgan fingerprint density at radius 1 is 1.21 bits per heavy atom. The SMILES string of the molecule is CC(C)(C)OC(=O)CCCCOCc1ccc2cncc(Br)c2c1. The van der Waals surface area contributed by atoms with E-state index in [0.717, 1.165) is 33.7 Å². The highest BCUT2D eigenvalue weighted by Gasteiger charge is 2.15. The number of halogens is 1. The number of fused-ring (bicyclic) bond motifs is 1. The highest BCUT2D eigenvalue weighted by atomic mass is 79.9. The molecule has 0 amide bonds. The van der Waals surface area contributed by atoms with Gasteiger partial charge in [0.15, 0.2) is 0 Å². The number of aromatic nitrogens is 1. The average molecular weight is 394 g/mol. The molecule has 0 N–H and O–H groups in total. The molecule has 0 aliphatic heterocycles. The van der Waals surface area contributed by atoms with Crippen LogP contribution in [0.3, 0.4) is 0 Å². The zero-order valence-electron chi connectivity index (χ0n) is 14.5. The summed E-state index contributed by atoms with van der Waals surface area (Å²) in [7, 11) is 0. The van der Waals surface area contributed by atoms with Crippen molar-refractivity contribution in [3.8, 4) is 0 Å². The Balaban J connectivity index is 1.69. The number of rotatable bonds is 7. The van der Waals surface area contributed by atoms with E-state index in [-0.39, 0.29) is 5.97 Å². The van der Waals surface area contributed by atoms with E-state index in [4.69, 9.17) is 9.47 Å². The second-order valence-electron chi connectivity index (χ2n) is 6.77. The monoisotopic (exact) mass is 393 g/mol. The van der Waals surface area contributed by atoms with Gasteiger partial charge in [0.1, 0.15) is 5.60 Å². The van der Waals surface area contributed by atoms with Gasteiger partial charge >= 0.3 is 5.97 Å². The van der Waals surface area contributed by atoms with Gasteiger partial charge in [-0.3, -0.25) is 9.78 Å². The maximum Gasteiger partial charge on any atom is 0.306 e. The van der Waals surface area contributed by atoms with Crippen LogP contribution >= 0.6 is 15.9 Å². The molecule has 0 fully saturated rings. The second kappa shape index (κ2) is 8.58. The van der Waals surface area contributed by atoms with Crippen LogP contribution in [-0.2, 0) is 20.9 Å². The van der Waals surface area contributed by atoms with E-state index in [2.05, 4.69) is 33.0 Å². The molecule has 0 spiro atoms. The number of nitrogens with zero attached hydrogens (tertiary/aromatic N) is 1. The van der Waals surface area contributed by atoms with Gasteiger partial charge in [-0.15, -0.1) is 0 Å². The largest absolute Gasteiger partial charge is 0.460 e. The van der Waals surface area contributed by atoms with Gasteiger partial charge < -0.3 is 9.47 Å². The molecule has 0 atom stereocenters. The molecule has 4 nitrogen and oxygen atoms in total. The van der Waals surface area contributed by atoms with Crippen molar-refractivity contribution in [1.29, 1.82) is 0 Å². The first-order valence-electron chi connectivity index (χ1n) is 8.17. The van der Waals surface area contributed by atoms with E-state index in [1.807, 2.05) is 33.0 Å². The standard InChI is InChI=1S/C19H24BrNO3/c1-19(2,3)24-18(22)6-4-5-9-23-13-14-7-8-15-11-21-12-17(20)16(15)10-14/h7-8,10-12H,4-6,9,13H2,1-3H3. The number of hydrogen-bond donors (Lipinski definition) is 0. The lowest BCUT2D eigenvalue weighted by Gasteiger charge is -2.19. The molecule has 0 bridgehead atoms. The number of benzene rings is 1. The van der Waals surface area contributed by atoms with Gasteiger partial charge in [-0.05, 0) is 66.6 Å². The van der Waals surface area contributed by atoms with Crippen LogP contribution in [-0.4, -0.2) is 23.2 Å². The smallest absolute Gasteiger partial charge is 0.306 e. The van der Waals surface area contributed by atoms with E-state index in [0.29, 0.717) is 19.6 Å². The highest BCUT2D eigenvalue weighted by molar-refractivity contribution is 9.10. The van der Waals surface area contributed by atoms with Crippen LogP contribution in [0, 0.1) is 0 Å². The number of ether oxygens (including phenoxy) is 2. The van der Waals surface area contributed by atoms with Crippen LogP contribution in [0.15, 0.2) is 35.1 Å². The van der Waals surface area contributed by atoms with Crippen LogP contribution in [0.2, 0.25) is 0 Å². The first-order valence-corrected chi connectivity index (χ1v) is 8.96. The molecule has 24 heavy (non-hydrogen) atoms. The lowest BCUT2D eigenvalue weighted by atomic mass is 10.1. The molecular formula is C19H24BrNO3. The van der Waals surface area contributed by atoms with Crippen molar-refractivity contribution >= 4 is 32.7 Å². The van der Waals surface area contributed by atoms with Crippen LogP contribution in [0.4, 0.5) is 0 Å². The first kappa shape index (κ1) is 18.9. The summed E-state index contributed by atoms with van der Waals surface area (Å²) >= 11 is 3.52. The number of hydrogen-bond acceptors (Lipinski definition) is 4. The lowest BCUT2D eigenvalue weighted by Crippen LogP contribution is -2.23. The van der Waals surface area contributed by atoms with Crippen molar-refractivity contribution in [1.82, 2.24) is 4.98 Å². The maximum atomic E-state index is 11.6. The molecule has 0 saturated carbocycles. The Labute approximate surface area is 151 Å². The highest BCUT2D eigenvalue weighted by Crippen LogP contribution is 2.23. The third-order valence-corrected chi connectivity index (χ3v) is 4.02. The predicted molar refractivity (Wildman–Crippen MR) is 98.8 cm³/mol. The van der Waals surface area contributed by atoms with E-state index >= 15 is 0 Å². The fraction of sp³-hybridized carbons (Fsp3) is 0.474. The maximum absolute atomic E-state index is 11.6. The molecule has 0 saturated heterocycles.